The maximum Gasteiger partial charge on any atom is 0.243 e. The lowest BCUT2D eigenvalue weighted by molar-refractivity contribution is 0.368. The minimum Gasteiger partial charge on any atom is -0.316 e. The summed E-state index contributed by atoms with van der Waals surface area (Å²) in [5.74, 6) is 0. The van der Waals surface area contributed by atoms with Gasteiger partial charge in [-0.3, -0.25) is 0 Å². The van der Waals surface area contributed by atoms with Crippen LogP contribution in [0.25, 0.3) is 0 Å². The number of hydrogen-bond acceptors (Lipinski definition) is 3. The number of nitrogens with one attached hydrogen (secondary N) is 1. The van der Waals surface area contributed by atoms with Crippen molar-refractivity contribution in [3.05, 3.63) is 29.3 Å². The Hall–Kier alpha value is -0.910. The normalized spacial score (nSPS) is 13.7. The Morgan fingerprint density at radius 3 is 2.55 bits per heavy atom. The van der Waals surface area contributed by atoms with Gasteiger partial charge in [0.1, 0.15) is 0 Å². The maximum absolute atomic E-state index is 12.7. The Bertz CT molecular complexity index is 541. The lowest BCUT2D eigenvalue weighted by Gasteiger charge is -2.25. The molecule has 1 rings (SSSR count). The van der Waals surface area contributed by atoms with Gasteiger partial charge < -0.3 is 5.32 Å². The first-order chi connectivity index (χ1) is 9.36. The highest BCUT2D eigenvalue weighted by atomic mass is 32.2. The molecule has 0 saturated carbocycles. The quantitative estimate of drug-likeness (QED) is 0.841. The molecular weight excluding hydrogens is 272 g/mol. The third-order valence-corrected chi connectivity index (χ3v) is 5.86. The molecule has 4 nitrogen and oxygen atoms in total. The minimum atomic E-state index is -3.43. The average Bonchev–Trinajstić information content (AvgIpc) is 2.40. The van der Waals surface area contributed by atoms with Crippen LogP contribution in [-0.2, 0) is 16.6 Å². The van der Waals surface area contributed by atoms with Gasteiger partial charge in [0.15, 0.2) is 0 Å². The van der Waals surface area contributed by atoms with Gasteiger partial charge in [0.25, 0.3) is 0 Å². The molecule has 0 spiro atoms. The van der Waals surface area contributed by atoms with E-state index in [0.29, 0.717) is 11.4 Å². The van der Waals surface area contributed by atoms with Crippen molar-refractivity contribution < 1.29 is 8.42 Å². The molecule has 0 saturated heterocycles. The molecule has 0 heterocycles. The lowest BCUT2D eigenvalue weighted by Crippen LogP contribution is -2.35. The average molecular weight is 298 g/mol. The van der Waals surface area contributed by atoms with E-state index in [1.165, 1.54) is 4.31 Å². The summed E-state index contributed by atoms with van der Waals surface area (Å²) in [5, 5.41) is 3.07. The molecule has 114 valence electrons. The Kier molecular flexibility index (Phi) is 6.17. The number of hydrogen-bond donors (Lipinski definition) is 1. The number of sulfonamides is 1. The molecule has 0 aliphatic rings. The third kappa shape index (κ3) is 3.59. The second-order valence-corrected chi connectivity index (χ2v) is 7.20. The first kappa shape index (κ1) is 17.1. The summed E-state index contributed by atoms with van der Waals surface area (Å²) in [6, 6.07) is 5.47. The second kappa shape index (κ2) is 7.20. The molecule has 0 aliphatic carbocycles. The van der Waals surface area contributed by atoms with Crippen molar-refractivity contribution >= 4 is 10.0 Å². The topological polar surface area (TPSA) is 49.4 Å². The molecule has 0 aromatic heterocycles. The molecule has 1 N–H and O–H groups in total. The summed E-state index contributed by atoms with van der Waals surface area (Å²) in [7, 11) is 0.0974. The van der Waals surface area contributed by atoms with E-state index in [1.807, 2.05) is 33.0 Å². The predicted octanol–water partition coefficient (Wildman–Crippen LogP) is 2.52. The summed E-state index contributed by atoms with van der Waals surface area (Å²) in [6.45, 7) is 6.56. The van der Waals surface area contributed by atoms with Gasteiger partial charge in [-0.05, 0) is 44.5 Å². The predicted molar refractivity (Wildman–Crippen MR) is 83.3 cm³/mol. The highest BCUT2D eigenvalue weighted by Crippen LogP contribution is 2.24. The van der Waals surface area contributed by atoms with Crippen LogP contribution in [0.3, 0.4) is 0 Å². The highest BCUT2D eigenvalue weighted by Gasteiger charge is 2.26. The summed E-state index contributed by atoms with van der Waals surface area (Å²) in [5.41, 5.74) is 1.85. The van der Waals surface area contributed by atoms with Gasteiger partial charge >= 0.3 is 0 Å². The first-order valence-corrected chi connectivity index (χ1v) is 8.51. The second-order valence-electron chi connectivity index (χ2n) is 5.23. The van der Waals surface area contributed by atoms with Crippen LogP contribution in [0.2, 0.25) is 0 Å². The summed E-state index contributed by atoms with van der Waals surface area (Å²) < 4.78 is 27.0. The zero-order chi connectivity index (χ0) is 15.3. The largest absolute Gasteiger partial charge is 0.316 e. The number of rotatable bonds is 7. The monoisotopic (exact) mass is 298 g/mol. The zero-order valence-electron chi connectivity index (χ0n) is 13.1. The van der Waals surface area contributed by atoms with Crippen molar-refractivity contribution in [2.45, 2.75) is 51.1 Å². The van der Waals surface area contributed by atoms with Gasteiger partial charge in [0.05, 0.1) is 4.90 Å². The smallest absolute Gasteiger partial charge is 0.243 e. The molecule has 1 unspecified atom stereocenters. The van der Waals surface area contributed by atoms with Crippen LogP contribution < -0.4 is 5.32 Å². The Labute approximate surface area is 123 Å². The molecule has 5 heteroatoms. The SMILES string of the molecule is CCCC(C)N(C)S(=O)(=O)c1cccc(CNC)c1C. The van der Waals surface area contributed by atoms with Crippen molar-refractivity contribution in [1.29, 1.82) is 0 Å². The van der Waals surface area contributed by atoms with Crippen LogP contribution in [0.4, 0.5) is 0 Å². The lowest BCUT2D eigenvalue weighted by atomic mass is 10.1. The molecule has 0 aliphatic heterocycles. The molecule has 20 heavy (non-hydrogen) atoms. The Morgan fingerprint density at radius 2 is 2.00 bits per heavy atom. The van der Waals surface area contributed by atoms with E-state index >= 15 is 0 Å². The fraction of sp³-hybridized carbons (Fsp3) is 0.600. The van der Waals surface area contributed by atoms with E-state index < -0.39 is 10.0 Å². The van der Waals surface area contributed by atoms with Crippen molar-refractivity contribution in [2.24, 2.45) is 0 Å². The van der Waals surface area contributed by atoms with E-state index in [1.54, 1.807) is 13.1 Å². The molecule has 0 fully saturated rings. The summed E-state index contributed by atoms with van der Waals surface area (Å²) in [4.78, 5) is 0.413. The molecule has 0 amide bonds. The third-order valence-electron chi connectivity index (χ3n) is 3.75. The Balaban J connectivity index is 3.19. The van der Waals surface area contributed by atoms with E-state index in [9.17, 15) is 8.42 Å². The molecule has 0 radical (unpaired) electrons. The number of nitrogens with zero attached hydrogens (tertiary/aromatic N) is 1. The highest BCUT2D eigenvalue weighted by molar-refractivity contribution is 7.89. The van der Waals surface area contributed by atoms with Crippen LogP contribution in [0.15, 0.2) is 23.1 Å². The van der Waals surface area contributed by atoms with E-state index in [2.05, 4.69) is 12.2 Å². The molecule has 0 bridgehead atoms. The van der Waals surface area contributed by atoms with Gasteiger partial charge in [0, 0.05) is 19.6 Å². The van der Waals surface area contributed by atoms with Crippen LogP contribution in [0.5, 0.6) is 0 Å². The minimum absolute atomic E-state index is 0.0114. The fourth-order valence-corrected chi connectivity index (χ4v) is 3.97. The Morgan fingerprint density at radius 1 is 1.35 bits per heavy atom. The summed E-state index contributed by atoms with van der Waals surface area (Å²) in [6.07, 6.45) is 1.84. The van der Waals surface area contributed by atoms with Crippen molar-refractivity contribution in [2.75, 3.05) is 14.1 Å². The molecule has 1 aromatic carbocycles. The van der Waals surface area contributed by atoms with Gasteiger partial charge in [0.2, 0.25) is 10.0 Å². The first-order valence-electron chi connectivity index (χ1n) is 7.07. The molecular formula is C15H26N2O2S. The van der Waals surface area contributed by atoms with Crippen molar-refractivity contribution in [1.82, 2.24) is 9.62 Å². The van der Waals surface area contributed by atoms with Gasteiger partial charge in [-0.25, -0.2) is 8.42 Å². The van der Waals surface area contributed by atoms with Crippen LogP contribution in [0.1, 0.15) is 37.8 Å². The summed E-state index contributed by atoms with van der Waals surface area (Å²) >= 11 is 0. The standard InChI is InChI=1S/C15H26N2O2S/c1-6-8-12(2)17(5)20(18,19)15-10-7-9-14(11-16-4)13(15)3/h7,9-10,12,16H,6,8,11H2,1-5H3. The van der Waals surface area contributed by atoms with Gasteiger partial charge in [-0.15, -0.1) is 0 Å². The van der Waals surface area contributed by atoms with Crippen LogP contribution in [0, 0.1) is 6.92 Å². The zero-order valence-corrected chi connectivity index (χ0v) is 13.9. The number of benzene rings is 1. The molecule has 1 aromatic rings. The van der Waals surface area contributed by atoms with Crippen LogP contribution >= 0.6 is 0 Å². The maximum atomic E-state index is 12.7. The van der Waals surface area contributed by atoms with E-state index in [0.717, 1.165) is 24.0 Å². The fourth-order valence-electron chi connectivity index (χ4n) is 2.31. The molecule has 1 atom stereocenters. The van der Waals surface area contributed by atoms with Gasteiger partial charge in [-0.2, -0.15) is 4.31 Å². The van der Waals surface area contributed by atoms with Gasteiger partial charge in [-0.1, -0.05) is 25.5 Å². The van der Waals surface area contributed by atoms with E-state index in [-0.39, 0.29) is 6.04 Å². The van der Waals surface area contributed by atoms with E-state index in [4.69, 9.17) is 0 Å². The van der Waals surface area contributed by atoms with Crippen molar-refractivity contribution in [3.8, 4) is 0 Å². The van der Waals surface area contributed by atoms with Crippen LogP contribution in [-0.4, -0.2) is 32.9 Å². The van der Waals surface area contributed by atoms with Crippen molar-refractivity contribution in [3.63, 3.8) is 0 Å².